The molecule has 1 saturated heterocycles. The lowest BCUT2D eigenvalue weighted by atomic mass is 9.95. The van der Waals surface area contributed by atoms with Gasteiger partial charge in [0, 0.05) is 18.3 Å². The Balaban J connectivity index is 1.67. The molecule has 2 heterocycles. The topological polar surface area (TPSA) is 88.6 Å². The number of carbonyl (C=O) groups excluding carboxylic acids is 1. The van der Waals surface area contributed by atoms with Crippen LogP contribution in [0.15, 0.2) is 48.8 Å². The largest absolute Gasteiger partial charge is 0.379 e. The molecule has 3 rings (SSSR count). The van der Waals surface area contributed by atoms with E-state index in [-0.39, 0.29) is 24.4 Å². The van der Waals surface area contributed by atoms with E-state index in [1.54, 1.807) is 30.6 Å². The SMILES string of the molecule is Cc1cccc(N(CC(=O)N[C@@H]2COC[C@H]2Cc2ccncc2)S(C)(=O)=O)c1. The standard InChI is InChI=1S/C20H25N3O4S/c1-15-4-3-5-18(10-15)23(28(2,25)26)12-20(24)22-19-14-27-13-17(19)11-16-6-8-21-9-7-16/h3-10,17,19H,11-14H2,1-2H3,(H,22,24)/t17-,19-/m1/s1. The van der Waals surface area contributed by atoms with Gasteiger partial charge in [0.25, 0.3) is 0 Å². The number of amides is 1. The van der Waals surface area contributed by atoms with Gasteiger partial charge in [0.1, 0.15) is 6.54 Å². The van der Waals surface area contributed by atoms with Crippen LogP contribution in [0, 0.1) is 12.8 Å². The maximum atomic E-state index is 12.6. The summed E-state index contributed by atoms with van der Waals surface area (Å²) < 4.78 is 31.2. The number of anilines is 1. The molecule has 0 unspecified atom stereocenters. The lowest BCUT2D eigenvalue weighted by Gasteiger charge is -2.24. The number of ether oxygens (including phenoxy) is 1. The molecule has 1 N–H and O–H groups in total. The highest BCUT2D eigenvalue weighted by Crippen LogP contribution is 2.21. The molecule has 0 aliphatic carbocycles. The van der Waals surface area contributed by atoms with Gasteiger partial charge in [-0.25, -0.2) is 8.42 Å². The van der Waals surface area contributed by atoms with Gasteiger partial charge in [-0.3, -0.25) is 14.1 Å². The van der Waals surface area contributed by atoms with Crippen LogP contribution in [-0.2, 0) is 26.0 Å². The Bertz CT molecular complexity index is 918. The van der Waals surface area contributed by atoms with Crippen LogP contribution in [0.3, 0.4) is 0 Å². The molecule has 28 heavy (non-hydrogen) atoms. The van der Waals surface area contributed by atoms with E-state index < -0.39 is 10.0 Å². The Hall–Kier alpha value is -2.45. The van der Waals surface area contributed by atoms with Crippen molar-refractivity contribution in [1.29, 1.82) is 0 Å². The summed E-state index contributed by atoms with van der Waals surface area (Å²) in [7, 11) is -3.59. The van der Waals surface area contributed by atoms with E-state index in [0.29, 0.717) is 18.9 Å². The molecular weight excluding hydrogens is 378 g/mol. The first-order chi connectivity index (χ1) is 13.3. The average molecular weight is 404 g/mol. The van der Waals surface area contributed by atoms with E-state index in [2.05, 4.69) is 10.3 Å². The fourth-order valence-electron chi connectivity index (χ4n) is 3.35. The van der Waals surface area contributed by atoms with Crippen LogP contribution >= 0.6 is 0 Å². The molecule has 1 aliphatic heterocycles. The molecule has 8 heteroatoms. The average Bonchev–Trinajstić information content (AvgIpc) is 3.06. The Kier molecular flexibility index (Phi) is 6.31. The Labute approximate surface area is 165 Å². The summed E-state index contributed by atoms with van der Waals surface area (Å²) in [6.07, 6.45) is 5.35. The van der Waals surface area contributed by atoms with Crippen LogP contribution < -0.4 is 9.62 Å². The quantitative estimate of drug-likeness (QED) is 0.757. The van der Waals surface area contributed by atoms with Gasteiger partial charge >= 0.3 is 0 Å². The van der Waals surface area contributed by atoms with E-state index >= 15 is 0 Å². The normalized spacial score (nSPS) is 19.4. The van der Waals surface area contributed by atoms with Crippen LogP contribution in [-0.4, -0.2) is 51.4 Å². The second kappa shape index (κ2) is 8.70. The zero-order valence-corrected chi connectivity index (χ0v) is 16.9. The van der Waals surface area contributed by atoms with Gasteiger partial charge in [-0.05, 0) is 48.7 Å². The highest BCUT2D eigenvalue weighted by molar-refractivity contribution is 7.92. The van der Waals surface area contributed by atoms with Gasteiger partial charge in [-0.15, -0.1) is 0 Å². The number of nitrogens with one attached hydrogen (secondary N) is 1. The summed E-state index contributed by atoms with van der Waals surface area (Å²) in [6, 6.07) is 10.8. The molecule has 0 bridgehead atoms. The van der Waals surface area contributed by atoms with Gasteiger partial charge < -0.3 is 10.1 Å². The van der Waals surface area contributed by atoms with Crippen molar-refractivity contribution in [2.45, 2.75) is 19.4 Å². The molecule has 1 amide bonds. The van der Waals surface area contributed by atoms with Crippen LogP contribution in [0.4, 0.5) is 5.69 Å². The Morgan fingerprint density at radius 3 is 2.68 bits per heavy atom. The summed E-state index contributed by atoms with van der Waals surface area (Å²) in [5.74, 6) is -0.209. The van der Waals surface area contributed by atoms with Gasteiger partial charge in [0.05, 0.1) is 31.2 Å². The molecule has 150 valence electrons. The molecule has 0 spiro atoms. The van der Waals surface area contributed by atoms with Crippen molar-refractivity contribution in [3.05, 3.63) is 59.9 Å². The first-order valence-corrected chi connectivity index (χ1v) is 11.0. The number of hydrogen-bond acceptors (Lipinski definition) is 5. The fourth-order valence-corrected chi connectivity index (χ4v) is 4.20. The number of hydrogen-bond donors (Lipinski definition) is 1. The van der Waals surface area contributed by atoms with Gasteiger partial charge in [0.15, 0.2) is 0 Å². The van der Waals surface area contributed by atoms with Crippen molar-refractivity contribution in [3.8, 4) is 0 Å². The third-order valence-electron chi connectivity index (χ3n) is 4.77. The fraction of sp³-hybridized carbons (Fsp3) is 0.400. The van der Waals surface area contributed by atoms with E-state index in [1.807, 2.05) is 25.1 Å². The van der Waals surface area contributed by atoms with Crippen LogP contribution in [0.2, 0.25) is 0 Å². The summed E-state index contributed by atoms with van der Waals surface area (Å²) >= 11 is 0. The molecule has 2 aromatic rings. The summed E-state index contributed by atoms with van der Waals surface area (Å²) in [5, 5.41) is 2.95. The van der Waals surface area contributed by atoms with Crippen molar-refractivity contribution in [2.24, 2.45) is 5.92 Å². The zero-order valence-electron chi connectivity index (χ0n) is 16.0. The second-order valence-electron chi connectivity index (χ2n) is 7.14. The van der Waals surface area contributed by atoms with Crippen LogP contribution in [0.25, 0.3) is 0 Å². The molecule has 0 saturated carbocycles. The first-order valence-electron chi connectivity index (χ1n) is 9.13. The molecule has 1 aliphatic rings. The number of rotatable bonds is 7. The van der Waals surface area contributed by atoms with Gasteiger partial charge in [-0.2, -0.15) is 0 Å². The van der Waals surface area contributed by atoms with Crippen molar-refractivity contribution in [2.75, 3.05) is 30.3 Å². The molecule has 2 atom stereocenters. The van der Waals surface area contributed by atoms with Crippen LogP contribution in [0.1, 0.15) is 11.1 Å². The first kappa shape index (κ1) is 20.3. The Morgan fingerprint density at radius 1 is 1.25 bits per heavy atom. The third-order valence-corrected chi connectivity index (χ3v) is 5.91. The highest BCUT2D eigenvalue weighted by atomic mass is 32.2. The van der Waals surface area contributed by atoms with Crippen molar-refractivity contribution in [1.82, 2.24) is 10.3 Å². The van der Waals surface area contributed by atoms with Crippen molar-refractivity contribution in [3.63, 3.8) is 0 Å². The molecule has 1 fully saturated rings. The number of nitrogens with zero attached hydrogens (tertiary/aromatic N) is 2. The molecule has 1 aromatic carbocycles. The van der Waals surface area contributed by atoms with Gasteiger partial charge in [0.2, 0.25) is 15.9 Å². The lowest BCUT2D eigenvalue weighted by molar-refractivity contribution is -0.120. The smallest absolute Gasteiger partial charge is 0.241 e. The number of sulfonamides is 1. The molecule has 7 nitrogen and oxygen atoms in total. The number of carbonyl (C=O) groups is 1. The number of aromatic nitrogens is 1. The summed E-state index contributed by atoms with van der Waals surface area (Å²) in [6.45, 7) is 2.59. The maximum Gasteiger partial charge on any atom is 0.241 e. The van der Waals surface area contributed by atoms with Crippen molar-refractivity contribution >= 4 is 21.6 Å². The van der Waals surface area contributed by atoms with E-state index in [1.165, 1.54) is 0 Å². The number of aryl methyl sites for hydroxylation is 1. The van der Waals surface area contributed by atoms with E-state index in [4.69, 9.17) is 4.74 Å². The number of pyridine rings is 1. The van der Waals surface area contributed by atoms with Crippen LogP contribution in [0.5, 0.6) is 0 Å². The summed E-state index contributed by atoms with van der Waals surface area (Å²) in [5.41, 5.74) is 2.53. The second-order valence-corrected chi connectivity index (χ2v) is 9.05. The lowest BCUT2D eigenvalue weighted by Crippen LogP contribution is -2.46. The van der Waals surface area contributed by atoms with Crippen molar-refractivity contribution < 1.29 is 17.9 Å². The monoisotopic (exact) mass is 403 g/mol. The number of benzene rings is 1. The summed E-state index contributed by atoms with van der Waals surface area (Å²) in [4.78, 5) is 16.6. The molecule has 0 radical (unpaired) electrons. The minimum atomic E-state index is -3.59. The molecule has 1 aromatic heterocycles. The minimum Gasteiger partial charge on any atom is -0.379 e. The Morgan fingerprint density at radius 2 is 2.00 bits per heavy atom. The predicted molar refractivity (Wildman–Crippen MR) is 108 cm³/mol. The highest BCUT2D eigenvalue weighted by Gasteiger charge is 2.31. The zero-order chi connectivity index (χ0) is 20.1. The van der Waals surface area contributed by atoms with E-state index in [0.717, 1.165) is 28.1 Å². The van der Waals surface area contributed by atoms with E-state index in [9.17, 15) is 13.2 Å². The maximum absolute atomic E-state index is 12.6. The van der Waals surface area contributed by atoms with Gasteiger partial charge in [-0.1, -0.05) is 12.1 Å². The predicted octanol–water partition coefficient (Wildman–Crippen LogP) is 1.53. The molecular formula is C20H25N3O4S. The third kappa shape index (κ3) is 5.30. The minimum absolute atomic E-state index is 0.136.